The molecule has 8 aromatic carbocycles. The van der Waals surface area contributed by atoms with Crippen molar-refractivity contribution in [2.45, 2.75) is 6.42 Å². The summed E-state index contributed by atoms with van der Waals surface area (Å²) >= 11 is 0. The zero-order chi connectivity index (χ0) is 38.2. The van der Waals surface area contributed by atoms with Crippen molar-refractivity contribution in [3.05, 3.63) is 199 Å². The van der Waals surface area contributed by atoms with Gasteiger partial charge in [-0.25, -0.2) is 15.0 Å². The third-order valence-electron chi connectivity index (χ3n) is 11.4. The summed E-state index contributed by atoms with van der Waals surface area (Å²) in [5.74, 6) is 1.99. The van der Waals surface area contributed by atoms with E-state index in [1.165, 1.54) is 21.5 Å². The van der Waals surface area contributed by atoms with Gasteiger partial charge in [-0.15, -0.1) is 0 Å². The number of rotatable bonds is 6. The minimum Gasteiger partial charge on any atom is -0.456 e. The van der Waals surface area contributed by atoms with E-state index in [2.05, 4.69) is 149 Å². The van der Waals surface area contributed by atoms with Gasteiger partial charge < -0.3 is 13.6 Å². The molecule has 0 N–H and O–H groups in total. The maximum atomic E-state index is 6.46. The number of para-hydroxylation sites is 4. The Morgan fingerprint density at radius 2 is 0.914 bits per heavy atom. The first-order valence-electron chi connectivity index (χ1n) is 19.6. The number of furan rings is 1. The van der Waals surface area contributed by atoms with Crippen molar-refractivity contribution in [3.63, 3.8) is 0 Å². The molecular formula is C52H33N5O. The number of nitrogens with zero attached hydrogens (tertiary/aromatic N) is 5. The van der Waals surface area contributed by atoms with Crippen molar-refractivity contribution in [2.24, 2.45) is 0 Å². The van der Waals surface area contributed by atoms with E-state index in [-0.39, 0.29) is 0 Å². The molecular weight excluding hydrogens is 711 g/mol. The molecule has 272 valence electrons. The van der Waals surface area contributed by atoms with Gasteiger partial charge in [0.25, 0.3) is 0 Å². The topological polar surface area (TPSA) is 61.7 Å². The van der Waals surface area contributed by atoms with E-state index in [4.69, 9.17) is 19.4 Å². The Kier molecular flexibility index (Phi) is 7.19. The maximum absolute atomic E-state index is 6.46. The van der Waals surface area contributed by atoms with Gasteiger partial charge in [0.05, 0.1) is 22.1 Å². The van der Waals surface area contributed by atoms with Gasteiger partial charge in [-0.1, -0.05) is 133 Å². The van der Waals surface area contributed by atoms with E-state index in [0.717, 1.165) is 72.1 Å². The fourth-order valence-electron chi connectivity index (χ4n) is 8.82. The van der Waals surface area contributed by atoms with Crippen molar-refractivity contribution in [1.82, 2.24) is 24.1 Å². The summed E-state index contributed by atoms with van der Waals surface area (Å²) in [4.78, 5) is 15.3. The molecule has 0 saturated heterocycles. The Balaban J connectivity index is 1.13. The molecule has 0 atom stereocenters. The fourth-order valence-corrected chi connectivity index (χ4v) is 8.82. The van der Waals surface area contributed by atoms with Crippen LogP contribution in [0.25, 0.3) is 99.7 Å². The van der Waals surface area contributed by atoms with E-state index in [1.54, 1.807) is 0 Å². The number of aromatic nitrogens is 5. The van der Waals surface area contributed by atoms with Crippen LogP contribution >= 0.6 is 0 Å². The number of fused-ring (bicyclic) bond motifs is 9. The first kappa shape index (κ1) is 32.4. The summed E-state index contributed by atoms with van der Waals surface area (Å²) in [7, 11) is 0. The molecule has 0 aliphatic rings. The molecule has 0 saturated carbocycles. The van der Waals surface area contributed by atoms with E-state index in [0.29, 0.717) is 23.9 Å². The van der Waals surface area contributed by atoms with Gasteiger partial charge in [-0.2, -0.15) is 0 Å². The van der Waals surface area contributed by atoms with Crippen LogP contribution in [0.3, 0.4) is 0 Å². The molecule has 4 aromatic heterocycles. The molecule has 12 aromatic rings. The number of hydrogen-bond donors (Lipinski definition) is 0. The predicted molar refractivity (Wildman–Crippen MR) is 236 cm³/mol. The molecule has 58 heavy (non-hydrogen) atoms. The molecule has 0 aliphatic heterocycles. The quantitative estimate of drug-likeness (QED) is 0.170. The zero-order valence-electron chi connectivity index (χ0n) is 31.2. The van der Waals surface area contributed by atoms with Crippen LogP contribution in [0.4, 0.5) is 0 Å². The highest BCUT2D eigenvalue weighted by Crippen LogP contribution is 2.40. The standard InChI is InChI=1S/C52H33N5O/c1-3-15-33(16-4-1)51-53-50(54-52(55-51)34-17-5-2-6-18-34)30-35-29-36(27-28-43(35)57-45-24-12-7-19-37(45)38-20-8-13-25-46(38)57)56-44-23-11-9-21-39(44)41-31-42-40-22-10-14-26-48(40)58-49(42)32-47(41)56/h1-29,31-32H,30H2. The van der Waals surface area contributed by atoms with Gasteiger partial charge in [-0.05, 0) is 54.1 Å². The normalized spacial score (nSPS) is 11.9. The van der Waals surface area contributed by atoms with Crippen LogP contribution in [0.2, 0.25) is 0 Å². The summed E-state index contributed by atoms with van der Waals surface area (Å²) in [5, 5.41) is 7.03. The predicted octanol–water partition coefficient (Wildman–Crippen LogP) is 12.9. The first-order chi connectivity index (χ1) is 28.7. The summed E-state index contributed by atoms with van der Waals surface area (Å²) in [6.45, 7) is 0. The second kappa shape index (κ2) is 12.9. The largest absolute Gasteiger partial charge is 0.456 e. The summed E-state index contributed by atoms with van der Waals surface area (Å²) in [5.41, 5.74) is 11.4. The van der Waals surface area contributed by atoms with Crippen LogP contribution in [-0.4, -0.2) is 24.1 Å². The Labute approximate surface area is 332 Å². The lowest BCUT2D eigenvalue weighted by molar-refractivity contribution is 0.669. The molecule has 0 spiro atoms. The van der Waals surface area contributed by atoms with E-state index < -0.39 is 0 Å². The lowest BCUT2D eigenvalue weighted by Crippen LogP contribution is -2.08. The maximum Gasteiger partial charge on any atom is 0.163 e. The molecule has 6 nitrogen and oxygen atoms in total. The van der Waals surface area contributed by atoms with Gasteiger partial charge >= 0.3 is 0 Å². The second-order valence-electron chi connectivity index (χ2n) is 14.8. The minimum absolute atomic E-state index is 0.469. The van der Waals surface area contributed by atoms with Crippen LogP contribution < -0.4 is 0 Å². The van der Waals surface area contributed by atoms with Gasteiger partial charge in [0.2, 0.25) is 0 Å². The summed E-state index contributed by atoms with van der Waals surface area (Å²) in [6.07, 6.45) is 0.469. The lowest BCUT2D eigenvalue weighted by atomic mass is 10.1. The monoisotopic (exact) mass is 743 g/mol. The molecule has 4 heterocycles. The molecule has 0 aliphatic carbocycles. The SMILES string of the molecule is c1ccc(-c2nc(Cc3cc(-n4c5ccccc5c5cc6c(cc54)oc4ccccc46)ccc3-n3c4ccccc4c4ccccc43)nc(-c3ccccc3)n2)cc1. The highest BCUT2D eigenvalue weighted by molar-refractivity contribution is 6.17. The van der Waals surface area contributed by atoms with Crippen molar-refractivity contribution < 1.29 is 4.42 Å². The third kappa shape index (κ3) is 5.09. The molecule has 0 fully saturated rings. The van der Waals surface area contributed by atoms with E-state index >= 15 is 0 Å². The van der Waals surface area contributed by atoms with Crippen molar-refractivity contribution >= 4 is 65.6 Å². The Hall–Kier alpha value is -7.83. The lowest BCUT2D eigenvalue weighted by Gasteiger charge is -2.17. The second-order valence-corrected chi connectivity index (χ2v) is 14.8. The van der Waals surface area contributed by atoms with Gasteiger partial charge in [0.1, 0.15) is 17.0 Å². The third-order valence-corrected chi connectivity index (χ3v) is 11.4. The molecule has 0 radical (unpaired) electrons. The number of hydrogen-bond acceptors (Lipinski definition) is 4. The van der Waals surface area contributed by atoms with Gasteiger partial charge in [-0.3, -0.25) is 0 Å². The van der Waals surface area contributed by atoms with E-state index in [9.17, 15) is 0 Å². The van der Waals surface area contributed by atoms with E-state index in [1.807, 2.05) is 48.5 Å². The van der Waals surface area contributed by atoms with Crippen LogP contribution in [0, 0.1) is 0 Å². The van der Waals surface area contributed by atoms with Crippen LogP contribution in [-0.2, 0) is 6.42 Å². The van der Waals surface area contributed by atoms with Crippen LogP contribution in [0.15, 0.2) is 192 Å². The molecule has 6 heteroatoms. The van der Waals surface area contributed by atoms with Crippen LogP contribution in [0.5, 0.6) is 0 Å². The van der Waals surface area contributed by atoms with Crippen LogP contribution in [0.1, 0.15) is 11.4 Å². The number of benzene rings is 8. The van der Waals surface area contributed by atoms with Gasteiger partial charge in [0.15, 0.2) is 11.6 Å². The Morgan fingerprint density at radius 3 is 1.55 bits per heavy atom. The highest BCUT2D eigenvalue weighted by Gasteiger charge is 2.21. The Morgan fingerprint density at radius 1 is 0.379 bits per heavy atom. The molecule has 0 unspecified atom stereocenters. The molecule has 0 amide bonds. The highest BCUT2D eigenvalue weighted by atomic mass is 16.3. The smallest absolute Gasteiger partial charge is 0.163 e. The first-order valence-corrected chi connectivity index (χ1v) is 19.6. The fraction of sp³-hybridized carbons (Fsp3) is 0.0192. The molecule has 12 rings (SSSR count). The Bertz CT molecular complexity index is 3430. The average Bonchev–Trinajstić information content (AvgIpc) is 3.93. The zero-order valence-corrected chi connectivity index (χ0v) is 31.2. The van der Waals surface area contributed by atoms with Crippen molar-refractivity contribution in [3.8, 4) is 34.2 Å². The van der Waals surface area contributed by atoms with Crippen molar-refractivity contribution in [2.75, 3.05) is 0 Å². The molecule has 0 bridgehead atoms. The average molecular weight is 744 g/mol. The minimum atomic E-state index is 0.469. The van der Waals surface area contributed by atoms with Gasteiger partial charge in [0, 0.05) is 67.3 Å². The van der Waals surface area contributed by atoms with Crippen molar-refractivity contribution in [1.29, 1.82) is 0 Å². The summed E-state index contributed by atoms with van der Waals surface area (Å²) in [6, 6.07) is 65.9. The summed E-state index contributed by atoms with van der Waals surface area (Å²) < 4.78 is 11.2.